The van der Waals surface area contributed by atoms with Gasteiger partial charge in [-0.15, -0.1) is 53.6 Å². The van der Waals surface area contributed by atoms with Crippen molar-refractivity contribution in [1.82, 2.24) is 15.0 Å². The van der Waals surface area contributed by atoms with Gasteiger partial charge in [0.1, 0.15) is 0 Å². The standard InChI is InChI=1S/C30H21N2O.C14H14N.Ir/c1-3-8-21(9-4-1)14-15-24-16-17-26-25-12-7-13-27(29(25)33-30(26)32-24)28-20-23(18-19-31-28)22-10-5-2-6-11-22;1-10-4-6-13(7-5-10)14-8-11(2)12(3)9-15-14;/h1-12,16-20H,14-15H2;4-6,8-9H,1-3H3;/q2*-1;. The molecular formula is C44H35IrN3O-2. The molecule has 0 aliphatic rings. The van der Waals surface area contributed by atoms with Crippen molar-refractivity contribution in [1.29, 1.82) is 0 Å². The van der Waals surface area contributed by atoms with Crippen LogP contribution in [-0.4, -0.2) is 15.0 Å². The van der Waals surface area contributed by atoms with Crippen LogP contribution in [0.1, 0.15) is 27.9 Å². The number of fused-ring (bicyclic) bond motifs is 3. The van der Waals surface area contributed by atoms with E-state index in [1.165, 1.54) is 22.3 Å². The van der Waals surface area contributed by atoms with Crippen molar-refractivity contribution >= 4 is 22.1 Å². The van der Waals surface area contributed by atoms with E-state index >= 15 is 0 Å². The number of pyridine rings is 3. The Bertz CT molecular complexity index is 2310. The molecule has 0 saturated heterocycles. The third kappa shape index (κ3) is 7.75. The molecule has 8 rings (SSSR count). The van der Waals surface area contributed by atoms with Crippen molar-refractivity contribution in [3.63, 3.8) is 0 Å². The maximum Gasteiger partial charge on any atom is 0.216 e. The van der Waals surface area contributed by atoms with E-state index < -0.39 is 0 Å². The molecule has 1 radical (unpaired) electrons. The Morgan fingerprint density at radius 2 is 1.45 bits per heavy atom. The molecule has 49 heavy (non-hydrogen) atoms. The van der Waals surface area contributed by atoms with Gasteiger partial charge in [0.15, 0.2) is 0 Å². The SMILES string of the molecule is Cc1c[c-]c(-c2cc(C)c(C)cn2)cc1.[Ir].[c-]1ccc2c(oc3nc(CCc4ccccc4)ccc32)c1-c1cc(-c2ccccc2)ccn1. The molecule has 0 fully saturated rings. The van der Waals surface area contributed by atoms with Crippen LogP contribution in [0.4, 0.5) is 0 Å². The van der Waals surface area contributed by atoms with E-state index in [1.54, 1.807) is 0 Å². The van der Waals surface area contributed by atoms with Crippen molar-refractivity contribution in [2.24, 2.45) is 0 Å². The zero-order valence-electron chi connectivity index (χ0n) is 27.7. The van der Waals surface area contributed by atoms with E-state index in [0.717, 1.165) is 68.5 Å². The quantitative estimate of drug-likeness (QED) is 0.157. The summed E-state index contributed by atoms with van der Waals surface area (Å²) in [4.78, 5) is 13.9. The number of nitrogens with zero attached hydrogens (tertiary/aromatic N) is 3. The number of hydrogen-bond acceptors (Lipinski definition) is 4. The van der Waals surface area contributed by atoms with Gasteiger partial charge in [0.05, 0.1) is 5.58 Å². The molecule has 0 saturated carbocycles. The van der Waals surface area contributed by atoms with Gasteiger partial charge in [-0.3, -0.25) is 0 Å². The second-order valence-electron chi connectivity index (χ2n) is 12.1. The summed E-state index contributed by atoms with van der Waals surface area (Å²) in [7, 11) is 0. The van der Waals surface area contributed by atoms with Gasteiger partial charge in [0.2, 0.25) is 5.71 Å². The topological polar surface area (TPSA) is 51.8 Å². The normalized spacial score (nSPS) is 10.8. The van der Waals surface area contributed by atoms with Crippen molar-refractivity contribution in [2.45, 2.75) is 33.6 Å². The monoisotopic (exact) mass is 814 g/mol. The molecule has 243 valence electrons. The maximum absolute atomic E-state index is 6.29. The van der Waals surface area contributed by atoms with E-state index in [4.69, 9.17) is 9.40 Å². The van der Waals surface area contributed by atoms with Crippen LogP contribution in [0.5, 0.6) is 0 Å². The number of aryl methyl sites for hydroxylation is 5. The van der Waals surface area contributed by atoms with E-state index in [9.17, 15) is 0 Å². The molecule has 5 heteroatoms. The van der Waals surface area contributed by atoms with Crippen LogP contribution >= 0.6 is 0 Å². The Labute approximate surface area is 301 Å². The van der Waals surface area contributed by atoms with Crippen molar-refractivity contribution in [2.75, 3.05) is 0 Å². The smallest absolute Gasteiger partial charge is 0.216 e. The summed E-state index contributed by atoms with van der Waals surface area (Å²) >= 11 is 0. The average molecular weight is 814 g/mol. The largest absolute Gasteiger partial charge is 0.486 e. The Morgan fingerprint density at radius 1 is 0.653 bits per heavy atom. The first kappa shape index (κ1) is 33.7. The molecule has 0 amide bonds. The van der Waals surface area contributed by atoms with Gasteiger partial charge in [-0.1, -0.05) is 96.2 Å². The molecule has 4 aromatic heterocycles. The minimum atomic E-state index is 0. The van der Waals surface area contributed by atoms with Gasteiger partial charge < -0.3 is 14.4 Å². The summed E-state index contributed by atoms with van der Waals surface area (Å²) in [6, 6.07) is 48.0. The summed E-state index contributed by atoms with van der Waals surface area (Å²) in [6.45, 7) is 6.24. The molecule has 4 aromatic carbocycles. The Morgan fingerprint density at radius 3 is 2.20 bits per heavy atom. The van der Waals surface area contributed by atoms with Gasteiger partial charge in [-0.2, -0.15) is 0 Å². The number of benzene rings is 4. The van der Waals surface area contributed by atoms with Crippen LogP contribution in [0.15, 0.2) is 138 Å². The molecule has 0 atom stereocenters. The van der Waals surface area contributed by atoms with Crippen LogP contribution in [0, 0.1) is 32.9 Å². The zero-order valence-corrected chi connectivity index (χ0v) is 30.1. The molecule has 0 aliphatic carbocycles. The van der Waals surface area contributed by atoms with Crippen LogP contribution in [-0.2, 0) is 32.9 Å². The fourth-order valence-electron chi connectivity index (χ4n) is 5.72. The second kappa shape index (κ2) is 15.3. The van der Waals surface area contributed by atoms with Gasteiger partial charge in [-0.25, -0.2) is 4.98 Å². The number of furan rings is 1. The van der Waals surface area contributed by atoms with Crippen LogP contribution in [0.2, 0.25) is 0 Å². The van der Waals surface area contributed by atoms with E-state index in [-0.39, 0.29) is 20.1 Å². The molecule has 0 aliphatic heterocycles. The van der Waals surface area contributed by atoms with E-state index in [1.807, 2.05) is 60.9 Å². The summed E-state index contributed by atoms with van der Waals surface area (Å²) in [5, 5.41) is 2.05. The number of rotatable bonds is 6. The summed E-state index contributed by atoms with van der Waals surface area (Å²) in [6.07, 6.45) is 5.58. The van der Waals surface area contributed by atoms with Crippen LogP contribution < -0.4 is 0 Å². The Hall–Kier alpha value is -5.22. The predicted molar refractivity (Wildman–Crippen MR) is 196 cm³/mol. The maximum atomic E-state index is 6.29. The molecule has 0 unspecified atom stereocenters. The van der Waals surface area contributed by atoms with Crippen molar-refractivity contribution in [3.05, 3.63) is 174 Å². The minimum Gasteiger partial charge on any atom is -0.486 e. The van der Waals surface area contributed by atoms with Crippen LogP contribution in [0.3, 0.4) is 0 Å². The summed E-state index contributed by atoms with van der Waals surface area (Å²) in [5.74, 6) is 0. The van der Waals surface area contributed by atoms with E-state index in [2.05, 4.69) is 116 Å². The molecule has 8 aromatic rings. The minimum absolute atomic E-state index is 0. The summed E-state index contributed by atoms with van der Waals surface area (Å²) < 4.78 is 6.29. The van der Waals surface area contributed by atoms with Gasteiger partial charge in [-0.05, 0) is 78.5 Å². The van der Waals surface area contributed by atoms with Crippen molar-refractivity contribution in [3.8, 4) is 33.6 Å². The molecule has 0 spiro atoms. The molecule has 0 bridgehead atoms. The van der Waals surface area contributed by atoms with Gasteiger partial charge in [0.25, 0.3) is 0 Å². The van der Waals surface area contributed by atoms with Gasteiger partial charge in [0, 0.05) is 43.6 Å². The fourth-order valence-corrected chi connectivity index (χ4v) is 5.72. The fraction of sp³-hybridized carbons (Fsp3) is 0.114. The zero-order chi connectivity index (χ0) is 32.9. The molecule has 4 nitrogen and oxygen atoms in total. The molecule has 4 heterocycles. The number of aromatic nitrogens is 3. The van der Waals surface area contributed by atoms with Crippen LogP contribution in [0.25, 0.3) is 55.7 Å². The first-order valence-corrected chi connectivity index (χ1v) is 16.2. The van der Waals surface area contributed by atoms with E-state index in [0.29, 0.717) is 5.71 Å². The molecular weight excluding hydrogens is 779 g/mol. The first-order chi connectivity index (χ1) is 23.5. The Balaban J connectivity index is 0.000000220. The first-order valence-electron chi connectivity index (χ1n) is 16.2. The average Bonchev–Trinajstić information content (AvgIpc) is 3.51. The summed E-state index contributed by atoms with van der Waals surface area (Å²) in [5.41, 5.74) is 13.5. The molecule has 0 N–H and O–H groups in total. The second-order valence-corrected chi connectivity index (χ2v) is 12.1. The van der Waals surface area contributed by atoms with Crippen molar-refractivity contribution < 1.29 is 24.5 Å². The Kier molecular flexibility index (Phi) is 10.5. The third-order valence-electron chi connectivity index (χ3n) is 8.61. The third-order valence-corrected chi connectivity index (χ3v) is 8.61. The predicted octanol–water partition coefficient (Wildman–Crippen LogP) is 10.8. The number of hydrogen-bond donors (Lipinski definition) is 0. The van der Waals surface area contributed by atoms with Gasteiger partial charge >= 0.3 is 0 Å².